The molecule has 0 fully saturated rings. The van der Waals surface area contributed by atoms with Gasteiger partial charge in [-0.05, 0) is 25.6 Å². The fourth-order valence-electron chi connectivity index (χ4n) is 1.60. The van der Waals surface area contributed by atoms with Gasteiger partial charge in [-0.15, -0.1) is 5.10 Å². The molecule has 2 aromatic rings. The first-order chi connectivity index (χ1) is 8.59. The van der Waals surface area contributed by atoms with Crippen LogP contribution in [0.3, 0.4) is 0 Å². The van der Waals surface area contributed by atoms with Crippen molar-refractivity contribution in [2.24, 2.45) is 5.73 Å². The third-order valence-corrected chi connectivity index (χ3v) is 3.40. The number of hydrogen-bond acceptors (Lipinski definition) is 6. The molecule has 2 heterocycles. The minimum Gasteiger partial charge on any atom is -0.318 e. The van der Waals surface area contributed by atoms with Gasteiger partial charge in [0.2, 0.25) is 0 Å². The monoisotopic (exact) mass is 286 g/mol. The predicted molar refractivity (Wildman–Crippen MR) is 71.7 cm³/mol. The van der Waals surface area contributed by atoms with E-state index in [2.05, 4.69) is 19.6 Å². The molecule has 2 N–H and O–H groups in total. The fraction of sp³-hybridized carbons (Fsp3) is 0.500. The molecular formula is C10H15ClN6S. The average molecular weight is 287 g/mol. The summed E-state index contributed by atoms with van der Waals surface area (Å²) in [5, 5.41) is 10.6. The quantitative estimate of drug-likeness (QED) is 0.888. The summed E-state index contributed by atoms with van der Waals surface area (Å²) >= 11 is 7.42. The fourth-order valence-corrected chi connectivity index (χ4v) is 2.35. The third-order valence-electron chi connectivity index (χ3n) is 2.58. The lowest BCUT2D eigenvalue weighted by Gasteiger charge is -2.15. The van der Waals surface area contributed by atoms with E-state index >= 15 is 0 Å². The molecule has 0 radical (unpaired) electrons. The zero-order valence-electron chi connectivity index (χ0n) is 10.2. The maximum absolute atomic E-state index is 6.16. The number of likely N-dealkylation sites (N-methyl/N-ethyl adjacent to an activating group) is 1. The number of halogens is 1. The van der Waals surface area contributed by atoms with Gasteiger partial charge in [-0.3, -0.25) is 4.68 Å². The molecule has 0 aliphatic rings. The number of rotatable bonds is 5. The van der Waals surface area contributed by atoms with Gasteiger partial charge in [0.25, 0.3) is 0 Å². The molecule has 8 heteroatoms. The number of nitrogens with two attached hydrogens (primary N) is 1. The summed E-state index contributed by atoms with van der Waals surface area (Å²) in [5.41, 5.74) is 7.66. The summed E-state index contributed by atoms with van der Waals surface area (Å²) < 4.78 is 5.64. The summed E-state index contributed by atoms with van der Waals surface area (Å²) in [4.78, 5) is 2.08. The van der Waals surface area contributed by atoms with Crippen molar-refractivity contribution in [2.45, 2.75) is 12.6 Å². The Morgan fingerprint density at radius 3 is 2.94 bits per heavy atom. The predicted octanol–water partition coefficient (Wildman–Crippen LogP) is 0.998. The van der Waals surface area contributed by atoms with Crippen molar-refractivity contribution < 1.29 is 0 Å². The van der Waals surface area contributed by atoms with Crippen LogP contribution in [0.2, 0.25) is 5.02 Å². The summed E-state index contributed by atoms with van der Waals surface area (Å²) in [6.45, 7) is 1.60. The van der Waals surface area contributed by atoms with Crippen molar-refractivity contribution in [3.63, 3.8) is 0 Å². The molecule has 0 amide bonds. The molecule has 0 spiro atoms. The molecule has 2 rings (SSSR count). The first-order valence-corrected chi connectivity index (χ1v) is 6.69. The molecule has 0 aliphatic heterocycles. The van der Waals surface area contributed by atoms with Gasteiger partial charge in [-0.25, -0.2) is 0 Å². The van der Waals surface area contributed by atoms with Gasteiger partial charge in [0, 0.05) is 11.9 Å². The lowest BCUT2D eigenvalue weighted by molar-refractivity contribution is 0.368. The van der Waals surface area contributed by atoms with Crippen LogP contribution in [0.5, 0.6) is 0 Å². The Bertz CT molecular complexity index is 494. The number of aromatic nitrogens is 4. The summed E-state index contributed by atoms with van der Waals surface area (Å²) in [6.07, 6.45) is 1.62. The second-order valence-electron chi connectivity index (χ2n) is 4.21. The zero-order chi connectivity index (χ0) is 13.1. The molecule has 0 aliphatic carbocycles. The van der Waals surface area contributed by atoms with Crippen LogP contribution in [0.15, 0.2) is 11.6 Å². The van der Waals surface area contributed by atoms with Crippen molar-refractivity contribution in [3.05, 3.63) is 28.0 Å². The van der Waals surface area contributed by atoms with E-state index in [1.54, 1.807) is 6.20 Å². The topological polar surface area (TPSA) is 72.9 Å². The van der Waals surface area contributed by atoms with E-state index in [-0.39, 0.29) is 6.04 Å². The Morgan fingerprint density at radius 2 is 2.33 bits per heavy atom. The Hall–Kier alpha value is -1.02. The molecule has 0 saturated heterocycles. The smallest absolute Gasteiger partial charge is 0.0984 e. The Labute approximate surface area is 115 Å². The normalized spacial score (nSPS) is 13.2. The molecule has 0 saturated carbocycles. The minimum atomic E-state index is -0.388. The summed E-state index contributed by atoms with van der Waals surface area (Å²) in [5.74, 6) is 0. The van der Waals surface area contributed by atoms with Crippen molar-refractivity contribution in [3.8, 4) is 0 Å². The Kier molecular flexibility index (Phi) is 4.28. The Balaban J connectivity index is 2.23. The number of nitrogens with zero attached hydrogens (tertiary/aromatic N) is 5. The van der Waals surface area contributed by atoms with Gasteiger partial charge in [0.15, 0.2) is 0 Å². The van der Waals surface area contributed by atoms with E-state index in [9.17, 15) is 0 Å². The van der Waals surface area contributed by atoms with Crippen LogP contribution in [0.1, 0.15) is 17.4 Å². The van der Waals surface area contributed by atoms with E-state index in [0.717, 1.165) is 18.8 Å². The lowest BCUT2D eigenvalue weighted by atomic mass is 10.2. The first kappa shape index (κ1) is 13.4. The van der Waals surface area contributed by atoms with E-state index < -0.39 is 0 Å². The van der Waals surface area contributed by atoms with Crippen molar-refractivity contribution in [2.75, 3.05) is 20.6 Å². The van der Waals surface area contributed by atoms with E-state index in [4.69, 9.17) is 17.3 Å². The Morgan fingerprint density at radius 1 is 1.56 bits per heavy atom. The molecule has 0 bridgehead atoms. The van der Waals surface area contributed by atoms with Crippen LogP contribution in [-0.4, -0.2) is 44.9 Å². The molecule has 18 heavy (non-hydrogen) atoms. The van der Waals surface area contributed by atoms with Gasteiger partial charge in [0.1, 0.15) is 0 Å². The second-order valence-corrected chi connectivity index (χ2v) is 5.23. The molecule has 2 aromatic heterocycles. The molecule has 1 unspecified atom stereocenters. The number of hydrogen-bond donors (Lipinski definition) is 1. The van der Waals surface area contributed by atoms with Gasteiger partial charge >= 0.3 is 0 Å². The van der Waals surface area contributed by atoms with E-state index in [1.807, 2.05) is 24.2 Å². The highest BCUT2D eigenvalue weighted by Gasteiger charge is 2.20. The van der Waals surface area contributed by atoms with Gasteiger partial charge in [-0.1, -0.05) is 16.1 Å². The third kappa shape index (κ3) is 2.86. The van der Waals surface area contributed by atoms with Gasteiger partial charge < -0.3 is 10.6 Å². The van der Waals surface area contributed by atoms with Crippen LogP contribution < -0.4 is 5.73 Å². The SMILES string of the molecule is CN(C)CCn1ncc(Cl)c1C(N)c1csnn1. The highest BCUT2D eigenvalue weighted by atomic mass is 35.5. The van der Waals surface area contributed by atoms with E-state index in [1.165, 1.54) is 11.5 Å². The first-order valence-electron chi connectivity index (χ1n) is 5.48. The van der Waals surface area contributed by atoms with Crippen molar-refractivity contribution in [1.29, 1.82) is 0 Å². The maximum Gasteiger partial charge on any atom is 0.0984 e. The molecule has 6 nitrogen and oxygen atoms in total. The van der Waals surface area contributed by atoms with Crippen LogP contribution in [0.4, 0.5) is 0 Å². The highest BCUT2D eigenvalue weighted by Crippen LogP contribution is 2.25. The standard InChI is InChI=1S/C10H15ClN6S/c1-16(2)3-4-17-10(7(11)5-13-17)9(12)8-6-18-15-14-8/h5-6,9H,3-4,12H2,1-2H3. The minimum absolute atomic E-state index is 0.388. The highest BCUT2D eigenvalue weighted by molar-refractivity contribution is 7.03. The van der Waals surface area contributed by atoms with Gasteiger partial charge in [0.05, 0.1) is 35.2 Å². The van der Waals surface area contributed by atoms with Crippen LogP contribution in [0.25, 0.3) is 0 Å². The van der Waals surface area contributed by atoms with Gasteiger partial charge in [-0.2, -0.15) is 5.10 Å². The van der Waals surface area contributed by atoms with Crippen LogP contribution in [0, 0.1) is 0 Å². The molecule has 98 valence electrons. The maximum atomic E-state index is 6.16. The summed E-state index contributed by atoms with van der Waals surface area (Å²) in [7, 11) is 4.02. The summed E-state index contributed by atoms with van der Waals surface area (Å²) in [6, 6.07) is -0.388. The van der Waals surface area contributed by atoms with Crippen molar-refractivity contribution >= 4 is 23.1 Å². The van der Waals surface area contributed by atoms with E-state index in [0.29, 0.717) is 10.7 Å². The molecule has 0 aromatic carbocycles. The van der Waals surface area contributed by atoms with Crippen LogP contribution >= 0.6 is 23.1 Å². The molecular weight excluding hydrogens is 272 g/mol. The van der Waals surface area contributed by atoms with Crippen LogP contribution in [-0.2, 0) is 6.54 Å². The second kappa shape index (κ2) is 5.75. The largest absolute Gasteiger partial charge is 0.318 e. The zero-order valence-corrected chi connectivity index (χ0v) is 11.8. The van der Waals surface area contributed by atoms with Crippen molar-refractivity contribution in [1.82, 2.24) is 24.3 Å². The average Bonchev–Trinajstić information content (AvgIpc) is 2.94. The molecule has 1 atom stereocenters. The lowest BCUT2D eigenvalue weighted by Crippen LogP contribution is -2.23.